The molecular formula is C25H28N4O3. The average Bonchev–Trinajstić information content (AvgIpc) is 2.86. The maximum absolute atomic E-state index is 12.3. The normalized spacial score (nSPS) is 15.1. The first kappa shape index (κ1) is 21.6. The van der Waals surface area contributed by atoms with Gasteiger partial charge in [0, 0.05) is 50.8 Å². The van der Waals surface area contributed by atoms with Crippen molar-refractivity contribution < 1.29 is 14.3 Å². The van der Waals surface area contributed by atoms with E-state index in [4.69, 9.17) is 9.47 Å². The highest BCUT2D eigenvalue weighted by Gasteiger charge is 2.26. The Hall–Kier alpha value is -3.58. The molecule has 0 radical (unpaired) electrons. The summed E-state index contributed by atoms with van der Waals surface area (Å²) in [7, 11) is 1.68. The van der Waals surface area contributed by atoms with E-state index in [9.17, 15) is 4.79 Å². The lowest BCUT2D eigenvalue weighted by atomic mass is 10.1. The number of methoxy groups -OCH3 is 1. The SMILES string of the molecule is COc1ccc(N2CCN([C@@H](CNC(=O)Oc3ccccc3)c3cccnc3)CC2)cc1. The summed E-state index contributed by atoms with van der Waals surface area (Å²) in [5.74, 6) is 1.38. The average molecular weight is 433 g/mol. The van der Waals surface area contributed by atoms with Crippen LogP contribution in [0.15, 0.2) is 79.1 Å². The van der Waals surface area contributed by atoms with Crippen molar-refractivity contribution in [3.05, 3.63) is 84.7 Å². The van der Waals surface area contributed by atoms with Crippen LogP contribution in [0.5, 0.6) is 11.5 Å². The molecule has 0 saturated carbocycles. The largest absolute Gasteiger partial charge is 0.497 e. The van der Waals surface area contributed by atoms with Gasteiger partial charge in [-0.1, -0.05) is 24.3 Å². The van der Waals surface area contributed by atoms with Crippen LogP contribution in [0.4, 0.5) is 10.5 Å². The highest BCUT2D eigenvalue weighted by Crippen LogP contribution is 2.25. The molecule has 166 valence electrons. The molecule has 1 atom stereocenters. The van der Waals surface area contributed by atoms with E-state index in [0.29, 0.717) is 12.3 Å². The Kier molecular flexibility index (Phi) is 7.19. The van der Waals surface area contributed by atoms with Crippen LogP contribution in [0.1, 0.15) is 11.6 Å². The molecule has 7 nitrogen and oxygen atoms in total. The predicted octanol–water partition coefficient (Wildman–Crippen LogP) is 3.74. The van der Waals surface area contributed by atoms with Crippen molar-refractivity contribution >= 4 is 11.8 Å². The van der Waals surface area contributed by atoms with E-state index in [-0.39, 0.29) is 6.04 Å². The van der Waals surface area contributed by atoms with E-state index in [2.05, 4.69) is 38.3 Å². The van der Waals surface area contributed by atoms with E-state index < -0.39 is 6.09 Å². The molecule has 0 unspecified atom stereocenters. The van der Waals surface area contributed by atoms with Crippen LogP contribution in [0.3, 0.4) is 0 Å². The third kappa shape index (κ3) is 5.56. The van der Waals surface area contributed by atoms with E-state index in [1.165, 1.54) is 5.69 Å². The van der Waals surface area contributed by atoms with Gasteiger partial charge in [0.15, 0.2) is 0 Å². The van der Waals surface area contributed by atoms with Gasteiger partial charge in [0.25, 0.3) is 0 Å². The van der Waals surface area contributed by atoms with E-state index in [1.54, 1.807) is 25.4 Å². The lowest BCUT2D eigenvalue weighted by molar-refractivity contribution is 0.169. The quantitative estimate of drug-likeness (QED) is 0.614. The zero-order valence-electron chi connectivity index (χ0n) is 18.2. The van der Waals surface area contributed by atoms with Gasteiger partial charge in [0.05, 0.1) is 13.2 Å². The second kappa shape index (κ2) is 10.6. The fraction of sp³-hybridized carbons (Fsp3) is 0.280. The van der Waals surface area contributed by atoms with Crippen LogP contribution >= 0.6 is 0 Å². The first-order valence-corrected chi connectivity index (χ1v) is 10.8. The fourth-order valence-electron chi connectivity index (χ4n) is 3.93. The van der Waals surface area contributed by atoms with Crippen LogP contribution in [0, 0.1) is 0 Å². The van der Waals surface area contributed by atoms with Gasteiger partial charge in [-0.25, -0.2) is 4.79 Å². The molecule has 0 spiro atoms. The second-order valence-electron chi connectivity index (χ2n) is 7.61. The Labute approximate surface area is 188 Å². The molecule has 1 amide bonds. The van der Waals surface area contributed by atoms with Crippen LogP contribution in [0.2, 0.25) is 0 Å². The lowest BCUT2D eigenvalue weighted by Crippen LogP contribution is -2.50. The van der Waals surface area contributed by atoms with E-state index >= 15 is 0 Å². The molecule has 0 aliphatic carbocycles. The standard InChI is InChI=1S/C25H28N4O3/c1-31-22-11-9-21(10-12-22)28-14-16-29(17-15-28)24(20-6-5-13-26-18-20)19-27-25(30)32-23-7-3-2-4-8-23/h2-13,18,24H,14-17,19H2,1H3,(H,27,30)/t24-/m0/s1. The molecule has 1 N–H and O–H groups in total. The molecule has 1 aliphatic heterocycles. The Morgan fingerprint density at radius 3 is 2.38 bits per heavy atom. The van der Waals surface area contributed by atoms with Gasteiger partial charge in [-0.3, -0.25) is 9.88 Å². The molecule has 3 aromatic rings. The molecular weight excluding hydrogens is 404 g/mol. The number of nitrogens with one attached hydrogen (secondary N) is 1. The number of amides is 1. The van der Waals surface area contributed by atoms with Crippen molar-refractivity contribution in [3.63, 3.8) is 0 Å². The molecule has 1 aromatic heterocycles. The summed E-state index contributed by atoms with van der Waals surface area (Å²) in [6.07, 6.45) is 3.17. The highest BCUT2D eigenvalue weighted by molar-refractivity contribution is 5.70. The summed E-state index contributed by atoms with van der Waals surface area (Å²) in [5.41, 5.74) is 2.26. The Morgan fingerprint density at radius 2 is 1.72 bits per heavy atom. The van der Waals surface area contributed by atoms with Crippen molar-refractivity contribution in [2.24, 2.45) is 0 Å². The number of piperazine rings is 1. The molecule has 7 heteroatoms. The molecule has 1 saturated heterocycles. The topological polar surface area (TPSA) is 66.9 Å². The zero-order chi connectivity index (χ0) is 22.2. The van der Waals surface area contributed by atoms with E-state index in [1.807, 2.05) is 42.6 Å². The van der Waals surface area contributed by atoms with Gasteiger partial charge in [-0.15, -0.1) is 0 Å². The summed E-state index contributed by atoms with van der Waals surface area (Å²) in [6, 6.07) is 21.2. The van der Waals surface area contributed by atoms with Crippen LogP contribution in [-0.2, 0) is 0 Å². The number of hydrogen-bond donors (Lipinski definition) is 1. The van der Waals surface area contributed by atoms with Crippen LogP contribution in [-0.4, -0.2) is 55.8 Å². The number of ether oxygens (including phenoxy) is 2. The Balaban J connectivity index is 1.38. The van der Waals surface area contributed by atoms with Crippen molar-refractivity contribution in [2.45, 2.75) is 6.04 Å². The highest BCUT2D eigenvalue weighted by atomic mass is 16.6. The third-order valence-corrected chi connectivity index (χ3v) is 5.66. The van der Waals surface area contributed by atoms with Gasteiger partial charge < -0.3 is 19.7 Å². The Morgan fingerprint density at radius 1 is 0.969 bits per heavy atom. The lowest BCUT2D eigenvalue weighted by Gasteiger charge is -2.40. The van der Waals surface area contributed by atoms with Crippen LogP contribution in [0.25, 0.3) is 0 Å². The van der Waals surface area contributed by atoms with Gasteiger partial charge in [0.1, 0.15) is 11.5 Å². The number of hydrogen-bond acceptors (Lipinski definition) is 6. The predicted molar refractivity (Wildman–Crippen MR) is 124 cm³/mol. The van der Waals surface area contributed by atoms with Crippen molar-refractivity contribution in [2.75, 3.05) is 44.7 Å². The summed E-state index contributed by atoms with van der Waals surface area (Å²) >= 11 is 0. The molecule has 1 aliphatic rings. The number of carbonyl (C=O) groups is 1. The van der Waals surface area contributed by atoms with Gasteiger partial charge >= 0.3 is 6.09 Å². The minimum atomic E-state index is -0.457. The summed E-state index contributed by atoms with van der Waals surface area (Å²) in [4.78, 5) is 21.4. The number of anilines is 1. The summed E-state index contributed by atoms with van der Waals surface area (Å²) in [5, 5.41) is 2.92. The first-order valence-electron chi connectivity index (χ1n) is 10.8. The number of rotatable bonds is 7. The third-order valence-electron chi connectivity index (χ3n) is 5.66. The minimum Gasteiger partial charge on any atom is -0.497 e. The Bertz CT molecular complexity index is 975. The zero-order valence-corrected chi connectivity index (χ0v) is 18.2. The molecule has 2 heterocycles. The number of carbonyl (C=O) groups excluding carboxylic acids is 1. The smallest absolute Gasteiger partial charge is 0.412 e. The number of benzene rings is 2. The van der Waals surface area contributed by atoms with E-state index in [0.717, 1.165) is 37.5 Å². The number of nitrogens with zero attached hydrogens (tertiary/aromatic N) is 3. The fourth-order valence-corrected chi connectivity index (χ4v) is 3.93. The molecule has 4 rings (SSSR count). The second-order valence-corrected chi connectivity index (χ2v) is 7.61. The van der Waals surface area contributed by atoms with Gasteiger partial charge in [0.2, 0.25) is 0 Å². The maximum Gasteiger partial charge on any atom is 0.412 e. The van der Waals surface area contributed by atoms with Crippen LogP contribution < -0.4 is 19.7 Å². The molecule has 2 aromatic carbocycles. The van der Waals surface area contributed by atoms with Gasteiger partial charge in [-0.05, 0) is 48.0 Å². The number of aromatic nitrogens is 1. The molecule has 1 fully saturated rings. The van der Waals surface area contributed by atoms with Gasteiger partial charge in [-0.2, -0.15) is 0 Å². The summed E-state index contributed by atoms with van der Waals surface area (Å²) < 4.78 is 10.6. The monoisotopic (exact) mass is 432 g/mol. The molecule has 32 heavy (non-hydrogen) atoms. The van der Waals surface area contributed by atoms with Crippen molar-refractivity contribution in [1.29, 1.82) is 0 Å². The van der Waals surface area contributed by atoms with Crippen molar-refractivity contribution in [3.8, 4) is 11.5 Å². The minimum absolute atomic E-state index is 0.0186. The summed E-state index contributed by atoms with van der Waals surface area (Å²) in [6.45, 7) is 4.00. The molecule has 0 bridgehead atoms. The first-order chi connectivity index (χ1) is 15.7. The number of para-hydroxylation sites is 1. The number of pyridine rings is 1. The van der Waals surface area contributed by atoms with Crippen molar-refractivity contribution in [1.82, 2.24) is 15.2 Å². The maximum atomic E-state index is 12.3.